The van der Waals surface area contributed by atoms with E-state index in [0.29, 0.717) is 47.6 Å². The molecule has 0 N–H and O–H groups in total. The molecular formula is C19H17N3O4. The molecule has 0 atom stereocenters. The Kier molecular flexibility index (Phi) is 3.34. The van der Waals surface area contributed by atoms with Crippen LogP contribution in [-0.2, 0) is 13.0 Å². The molecule has 132 valence electrons. The first-order chi connectivity index (χ1) is 12.7. The molecule has 1 aromatic carbocycles. The van der Waals surface area contributed by atoms with Crippen LogP contribution in [0, 0.1) is 6.92 Å². The van der Waals surface area contributed by atoms with Crippen LogP contribution in [0.2, 0.25) is 0 Å². The van der Waals surface area contributed by atoms with E-state index in [9.17, 15) is 4.79 Å². The van der Waals surface area contributed by atoms with Gasteiger partial charge in [-0.3, -0.25) is 4.79 Å². The number of hydrogen-bond donors (Lipinski definition) is 0. The second-order valence-corrected chi connectivity index (χ2v) is 6.48. The minimum absolute atomic E-state index is 0.0716. The molecule has 2 aliphatic rings. The van der Waals surface area contributed by atoms with Gasteiger partial charge in [0.1, 0.15) is 13.2 Å². The maximum atomic E-state index is 12.6. The summed E-state index contributed by atoms with van der Waals surface area (Å²) in [6, 6.07) is 7.18. The van der Waals surface area contributed by atoms with Gasteiger partial charge in [0, 0.05) is 24.0 Å². The third kappa shape index (κ3) is 2.23. The lowest BCUT2D eigenvalue weighted by Crippen LogP contribution is -2.16. The van der Waals surface area contributed by atoms with Gasteiger partial charge in [-0.2, -0.15) is 4.98 Å². The zero-order valence-electron chi connectivity index (χ0n) is 14.3. The fraction of sp³-hybridized carbons (Fsp3) is 0.316. The van der Waals surface area contributed by atoms with Crippen molar-refractivity contribution < 1.29 is 14.0 Å². The van der Waals surface area contributed by atoms with Crippen LogP contribution in [-0.4, -0.2) is 27.9 Å². The summed E-state index contributed by atoms with van der Waals surface area (Å²) in [5, 5.41) is 4.08. The molecule has 7 heteroatoms. The number of ether oxygens (including phenoxy) is 2. The average Bonchev–Trinajstić information content (AvgIpc) is 3.31. The van der Waals surface area contributed by atoms with E-state index >= 15 is 0 Å². The Balaban J connectivity index is 1.63. The van der Waals surface area contributed by atoms with E-state index in [1.54, 1.807) is 6.07 Å². The zero-order valence-corrected chi connectivity index (χ0v) is 14.3. The number of rotatable bonds is 2. The van der Waals surface area contributed by atoms with Crippen LogP contribution in [0.3, 0.4) is 0 Å². The number of nitrogens with zero attached hydrogens (tertiary/aromatic N) is 3. The third-order valence-electron chi connectivity index (χ3n) is 4.87. The van der Waals surface area contributed by atoms with Crippen LogP contribution in [0.15, 0.2) is 33.6 Å². The van der Waals surface area contributed by atoms with Crippen LogP contribution >= 0.6 is 0 Å². The van der Waals surface area contributed by atoms with Crippen molar-refractivity contribution in [3.63, 3.8) is 0 Å². The average molecular weight is 351 g/mol. The molecule has 0 spiro atoms. The van der Waals surface area contributed by atoms with E-state index in [0.717, 1.165) is 30.8 Å². The summed E-state index contributed by atoms with van der Waals surface area (Å²) >= 11 is 0. The summed E-state index contributed by atoms with van der Waals surface area (Å²) < 4.78 is 19.0. The molecule has 2 aliphatic heterocycles. The first-order valence-electron chi connectivity index (χ1n) is 8.69. The van der Waals surface area contributed by atoms with Crippen molar-refractivity contribution in [1.29, 1.82) is 0 Å². The normalized spacial score (nSPS) is 15.1. The molecule has 7 nitrogen and oxygen atoms in total. The summed E-state index contributed by atoms with van der Waals surface area (Å²) in [6.45, 7) is 3.85. The predicted molar refractivity (Wildman–Crippen MR) is 93.5 cm³/mol. The molecule has 3 aromatic rings. The van der Waals surface area contributed by atoms with Crippen LogP contribution in [0.25, 0.3) is 22.8 Å². The van der Waals surface area contributed by atoms with Crippen molar-refractivity contribution in [3.8, 4) is 34.3 Å². The van der Waals surface area contributed by atoms with Gasteiger partial charge in [-0.25, -0.2) is 0 Å². The first kappa shape index (κ1) is 15.2. The maximum absolute atomic E-state index is 12.6. The SMILES string of the molecule is Cc1cc(=O)c(-c2noc(-c3cccc4c3OCCO4)n2)c2n1CCC2. The van der Waals surface area contributed by atoms with Gasteiger partial charge < -0.3 is 18.6 Å². The van der Waals surface area contributed by atoms with Crippen molar-refractivity contribution in [2.24, 2.45) is 0 Å². The smallest absolute Gasteiger partial charge is 0.262 e. The molecule has 0 fully saturated rings. The lowest BCUT2D eigenvalue weighted by atomic mass is 10.1. The zero-order chi connectivity index (χ0) is 17.7. The predicted octanol–water partition coefficient (Wildman–Crippen LogP) is 2.59. The summed E-state index contributed by atoms with van der Waals surface area (Å²) in [4.78, 5) is 17.1. The second-order valence-electron chi connectivity index (χ2n) is 6.48. The van der Waals surface area contributed by atoms with Crippen molar-refractivity contribution in [2.75, 3.05) is 13.2 Å². The number of fused-ring (bicyclic) bond motifs is 2. The van der Waals surface area contributed by atoms with Crippen molar-refractivity contribution >= 4 is 0 Å². The third-order valence-corrected chi connectivity index (χ3v) is 4.87. The molecule has 5 rings (SSSR count). The molecule has 0 radical (unpaired) electrons. The van der Waals surface area contributed by atoms with Crippen molar-refractivity contribution in [1.82, 2.24) is 14.7 Å². The van der Waals surface area contributed by atoms with E-state index in [1.165, 1.54) is 0 Å². The van der Waals surface area contributed by atoms with Crippen LogP contribution in [0.4, 0.5) is 0 Å². The molecule has 26 heavy (non-hydrogen) atoms. The molecular weight excluding hydrogens is 334 g/mol. The van der Waals surface area contributed by atoms with Crippen LogP contribution in [0.5, 0.6) is 11.5 Å². The number of aromatic nitrogens is 3. The second kappa shape index (κ2) is 5.72. The van der Waals surface area contributed by atoms with Gasteiger partial charge in [0.2, 0.25) is 5.82 Å². The first-order valence-corrected chi connectivity index (χ1v) is 8.69. The Morgan fingerprint density at radius 1 is 1.19 bits per heavy atom. The number of hydrogen-bond acceptors (Lipinski definition) is 6. The van der Waals surface area contributed by atoms with Crippen molar-refractivity contribution in [3.05, 3.63) is 45.9 Å². The monoisotopic (exact) mass is 351 g/mol. The fourth-order valence-electron chi connectivity index (χ4n) is 3.72. The van der Waals surface area contributed by atoms with E-state index in [2.05, 4.69) is 14.7 Å². The molecule has 2 aromatic heterocycles. The lowest BCUT2D eigenvalue weighted by Gasteiger charge is -2.19. The number of aryl methyl sites for hydroxylation is 1. The molecule has 4 heterocycles. The van der Waals surface area contributed by atoms with E-state index in [-0.39, 0.29) is 5.43 Å². The Morgan fingerprint density at radius 2 is 2.08 bits per heavy atom. The minimum atomic E-state index is -0.0716. The maximum Gasteiger partial charge on any atom is 0.262 e. The Hall–Kier alpha value is -3.09. The van der Waals surface area contributed by atoms with E-state index in [1.807, 2.05) is 25.1 Å². The fourth-order valence-corrected chi connectivity index (χ4v) is 3.72. The number of pyridine rings is 1. The molecule has 0 saturated heterocycles. The Morgan fingerprint density at radius 3 is 3.00 bits per heavy atom. The van der Waals surface area contributed by atoms with E-state index in [4.69, 9.17) is 14.0 Å². The highest BCUT2D eigenvalue weighted by Crippen LogP contribution is 2.39. The van der Waals surface area contributed by atoms with E-state index < -0.39 is 0 Å². The summed E-state index contributed by atoms with van der Waals surface area (Å²) in [7, 11) is 0. The topological polar surface area (TPSA) is 79.4 Å². The summed E-state index contributed by atoms with van der Waals surface area (Å²) in [5.41, 5.74) is 3.09. The molecule has 0 aliphatic carbocycles. The summed E-state index contributed by atoms with van der Waals surface area (Å²) in [6.07, 6.45) is 1.85. The van der Waals surface area contributed by atoms with Gasteiger partial charge in [-0.05, 0) is 31.9 Å². The molecule has 0 amide bonds. The molecule has 0 bridgehead atoms. The van der Waals surface area contributed by atoms with Gasteiger partial charge in [-0.15, -0.1) is 0 Å². The Labute approximate surface area is 149 Å². The molecule has 0 unspecified atom stereocenters. The molecule has 0 saturated carbocycles. The summed E-state index contributed by atoms with van der Waals surface area (Å²) in [5.74, 6) is 1.90. The highest BCUT2D eigenvalue weighted by molar-refractivity contribution is 5.70. The van der Waals surface area contributed by atoms with Crippen LogP contribution in [0.1, 0.15) is 17.8 Å². The van der Waals surface area contributed by atoms with Gasteiger partial charge in [0.15, 0.2) is 16.9 Å². The highest BCUT2D eigenvalue weighted by Gasteiger charge is 2.25. The highest BCUT2D eigenvalue weighted by atomic mass is 16.6. The minimum Gasteiger partial charge on any atom is -0.486 e. The number of para-hydroxylation sites is 1. The van der Waals surface area contributed by atoms with Gasteiger partial charge in [0.25, 0.3) is 5.89 Å². The van der Waals surface area contributed by atoms with Gasteiger partial charge >= 0.3 is 0 Å². The van der Waals surface area contributed by atoms with Crippen LogP contribution < -0.4 is 14.9 Å². The largest absolute Gasteiger partial charge is 0.486 e. The lowest BCUT2D eigenvalue weighted by molar-refractivity contribution is 0.172. The number of benzene rings is 1. The van der Waals surface area contributed by atoms with Gasteiger partial charge in [-0.1, -0.05) is 11.2 Å². The quantitative estimate of drug-likeness (QED) is 0.706. The van der Waals surface area contributed by atoms with Crippen molar-refractivity contribution in [2.45, 2.75) is 26.3 Å². The Bertz CT molecular complexity index is 1070. The van der Waals surface area contributed by atoms with Gasteiger partial charge in [0.05, 0.1) is 11.1 Å². The standard InChI is InChI=1S/C19H17N3O4/c1-11-10-14(23)16(13-5-3-7-22(11)13)18-20-19(26-21-18)12-4-2-6-15-17(12)25-9-8-24-15/h2,4,6,10H,3,5,7-9H2,1H3.